The molecule has 0 radical (unpaired) electrons. The quantitative estimate of drug-likeness (QED) is 0.281. The highest BCUT2D eigenvalue weighted by molar-refractivity contribution is 6.06. The maximum Gasteiger partial charge on any atom is 0.416 e. The molecule has 204 valence electrons. The molecule has 13 heteroatoms. The minimum absolute atomic E-state index is 0.133. The van der Waals surface area contributed by atoms with Gasteiger partial charge in [0.05, 0.1) is 29.1 Å². The number of nitrogens with one attached hydrogen (secondary N) is 1. The number of carbonyl (C=O) groups is 1. The van der Waals surface area contributed by atoms with Gasteiger partial charge in [0.15, 0.2) is 0 Å². The highest BCUT2D eigenvalue weighted by atomic mass is 19.4. The van der Waals surface area contributed by atoms with Crippen LogP contribution < -0.4 is 15.5 Å². The molecule has 0 saturated heterocycles. The Balaban J connectivity index is 1.84. The molecule has 0 aliphatic carbocycles. The van der Waals surface area contributed by atoms with Gasteiger partial charge in [-0.2, -0.15) is 26.3 Å². The number of rotatable bonds is 5. The van der Waals surface area contributed by atoms with Crippen molar-refractivity contribution in [1.82, 2.24) is 4.57 Å². The summed E-state index contributed by atoms with van der Waals surface area (Å²) in [5.74, 6) is -3.13. The number of benzene rings is 3. The van der Waals surface area contributed by atoms with E-state index < -0.39 is 68.6 Å². The first-order chi connectivity index (χ1) is 18.2. The number of ether oxygens (including phenoxy) is 1. The maximum atomic E-state index is 14.8. The van der Waals surface area contributed by atoms with E-state index in [1.54, 1.807) is 24.3 Å². The first-order valence-corrected chi connectivity index (χ1v) is 10.9. The minimum Gasteiger partial charge on any atom is -0.497 e. The third-order valence-corrected chi connectivity index (χ3v) is 5.72. The number of fused-ring (bicyclic) bond motifs is 1. The number of carbonyl (C=O) groups excluding carboxylic acids is 1. The van der Waals surface area contributed by atoms with Crippen LogP contribution in [0.3, 0.4) is 0 Å². The standard InChI is InChI=1S/C26H16F8N2O3/c1-39-17-4-2-13(3-5-17)11-36-12-18(23(37)21-19(27)6-7-20(28)22(21)36)24(38)35-16-9-14(25(29,30)31)8-15(10-16)26(32,33)34/h2-10,12H,11H2,1H3,(H,35,38). The average Bonchev–Trinajstić information content (AvgIpc) is 2.86. The fraction of sp³-hybridized carbons (Fsp3) is 0.154. The molecule has 0 aliphatic rings. The van der Waals surface area contributed by atoms with E-state index in [2.05, 4.69) is 0 Å². The Kier molecular flexibility index (Phi) is 7.11. The van der Waals surface area contributed by atoms with E-state index >= 15 is 0 Å². The summed E-state index contributed by atoms with van der Waals surface area (Å²) in [6.45, 7) is -0.191. The van der Waals surface area contributed by atoms with E-state index in [1.807, 2.05) is 5.32 Å². The van der Waals surface area contributed by atoms with Crippen molar-refractivity contribution in [3.05, 3.63) is 105 Å². The molecule has 1 N–H and O–H groups in total. The number of alkyl halides is 6. The molecule has 0 bridgehead atoms. The van der Waals surface area contributed by atoms with E-state index in [1.165, 1.54) is 7.11 Å². The van der Waals surface area contributed by atoms with Crippen LogP contribution in [-0.2, 0) is 18.9 Å². The van der Waals surface area contributed by atoms with Crippen LogP contribution >= 0.6 is 0 Å². The zero-order chi connectivity index (χ0) is 28.7. The minimum atomic E-state index is -5.19. The number of pyridine rings is 1. The number of amides is 1. The summed E-state index contributed by atoms with van der Waals surface area (Å²) in [6, 6.07) is 8.07. The van der Waals surface area contributed by atoms with Gasteiger partial charge >= 0.3 is 12.4 Å². The van der Waals surface area contributed by atoms with Crippen LogP contribution in [0.4, 0.5) is 40.8 Å². The van der Waals surface area contributed by atoms with Crippen molar-refractivity contribution in [3.8, 4) is 5.75 Å². The van der Waals surface area contributed by atoms with Gasteiger partial charge in [-0.05, 0) is 48.0 Å². The molecule has 1 aromatic heterocycles. The number of methoxy groups -OCH3 is 1. The summed E-state index contributed by atoms with van der Waals surface area (Å²) in [7, 11) is 1.43. The molecular formula is C26H16F8N2O3. The molecule has 5 nitrogen and oxygen atoms in total. The van der Waals surface area contributed by atoms with E-state index in [0.717, 1.165) is 16.8 Å². The fourth-order valence-electron chi connectivity index (χ4n) is 3.89. The molecule has 0 atom stereocenters. The van der Waals surface area contributed by atoms with E-state index in [0.29, 0.717) is 17.4 Å². The van der Waals surface area contributed by atoms with Crippen LogP contribution in [0.15, 0.2) is 65.6 Å². The highest BCUT2D eigenvalue weighted by Crippen LogP contribution is 2.37. The topological polar surface area (TPSA) is 60.3 Å². The summed E-state index contributed by atoms with van der Waals surface area (Å²) in [5.41, 5.74) is -6.45. The lowest BCUT2D eigenvalue weighted by molar-refractivity contribution is -0.143. The first kappa shape index (κ1) is 27.6. The molecule has 4 rings (SSSR count). The second-order valence-electron chi connectivity index (χ2n) is 8.35. The van der Waals surface area contributed by atoms with E-state index in [9.17, 15) is 44.7 Å². The Bertz CT molecular complexity index is 1590. The van der Waals surface area contributed by atoms with Gasteiger partial charge in [-0.3, -0.25) is 9.59 Å². The van der Waals surface area contributed by atoms with Crippen molar-refractivity contribution < 1.29 is 44.7 Å². The van der Waals surface area contributed by atoms with Crippen LogP contribution in [-0.4, -0.2) is 17.6 Å². The number of halogens is 8. The van der Waals surface area contributed by atoms with Gasteiger partial charge < -0.3 is 14.6 Å². The van der Waals surface area contributed by atoms with Gasteiger partial charge in [0, 0.05) is 18.4 Å². The third kappa shape index (κ3) is 5.71. The van der Waals surface area contributed by atoms with Crippen molar-refractivity contribution in [1.29, 1.82) is 0 Å². The zero-order valence-electron chi connectivity index (χ0n) is 19.7. The van der Waals surface area contributed by atoms with Crippen molar-refractivity contribution in [2.45, 2.75) is 18.9 Å². The molecule has 0 unspecified atom stereocenters. The lowest BCUT2D eigenvalue weighted by atomic mass is 10.1. The molecular weight excluding hydrogens is 540 g/mol. The molecule has 1 heterocycles. The maximum absolute atomic E-state index is 14.8. The van der Waals surface area contributed by atoms with Crippen molar-refractivity contribution >= 4 is 22.5 Å². The summed E-state index contributed by atoms with van der Waals surface area (Å²) in [4.78, 5) is 26.0. The first-order valence-electron chi connectivity index (χ1n) is 10.9. The number of hydrogen-bond donors (Lipinski definition) is 1. The lowest BCUT2D eigenvalue weighted by Crippen LogP contribution is -2.25. The van der Waals surface area contributed by atoms with Gasteiger partial charge in [0.1, 0.15) is 22.9 Å². The molecule has 39 heavy (non-hydrogen) atoms. The van der Waals surface area contributed by atoms with Gasteiger partial charge in [0.2, 0.25) is 5.43 Å². The number of aromatic nitrogens is 1. The van der Waals surface area contributed by atoms with Crippen molar-refractivity contribution in [2.75, 3.05) is 12.4 Å². The predicted octanol–water partition coefficient (Wildman–Crippen LogP) is 6.63. The summed E-state index contributed by atoms with van der Waals surface area (Å²) < 4.78 is 115. The Morgan fingerprint density at radius 2 is 1.44 bits per heavy atom. The van der Waals surface area contributed by atoms with E-state index in [-0.39, 0.29) is 24.7 Å². The summed E-state index contributed by atoms with van der Waals surface area (Å²) >= 11 is 0. The van der Waals surface area contributed by atoms with Gasteiger partial charge in [-0.1, -0.05) is 12.1 Å². The van der Waals surface area contributed by atoms with Crippen LogP contribution in [0.25, 0.3) is 10.9 Å². The molecule has 4 aromatic rings. The van der Waals surface area contributed by atoms with E-state index in [4.69, 9.17) is 4.74 Å². The number of nitrogens with zero attached hydrogens (tertiary/aromatic N) is 1. The number of hydrogen-bond acceptors (Lipinski definition) is 3. The molecule has 1 amide bonds. The molecule has 0 saturated carbocycles. The van der Waals surface area contributed by atoms with Crippen molar-refractivity contribution in [3.63, 3.8) is 0 Å². The Hall–Kier alpha value is -4.42. The Morgan fingerprint density at radius 3 is 1.97 bits per heavy atom. The van der Waals surface area contributed by atoms with Gasteiger partial charge in [-0.15, -0.1) is 0 Å². The fourth-order valence-corrected chi connectivity index (χ4v) is 3.89. The monoisotopic (exact) mass is 556 g/mol. The van der Waals surface area contributed by atoms with Crippen LogP contribution in [0.1, 0.15) is 27.0 Å². The van der Waals surface area contributed by atoms with Gasteiger partial charge in [0.25, 0.3) is 5.91 Å². The average molecular weight is 556 g/mol. The third-order valence-electron chi connectivity index (χ3n) is 5.72. The zero-order valence-corrected chi connectivity index (χ0v) is 19.7. The highest BCUT2D eigenvalue weighted by Gasteiger charge is 2.37. The molecule has 0 spiro atoms. The van der Waals surface area contributed by atoms with Crippen LogP contribution in [0.2, 0.25) is 0 Å². The summed E-state index contributed by atoms with van der Waals surface area (Å²) in [5, 5.41) is 1.02. The van der Waals surface area contributed by atoms with Crippen LogP contribution in [0, 0.1) is 11.6 Å². The molecule has 0 fully saturated rings. The Labute approximate surface area is 214 Å². The molecule has 0 aliphatic heterocycles. The Morgan fingerprint density at radius 1 is 0.872 bits per heavy atom. The van der Waals surface area contributed by atoms with Crippen molar-refractivity contribution in [2.24, 2.45) is 0 Å². The smallest absolute Gasteiger partial charge is 0.416 e. The SMILES string of the molecule is COc1ccc(Cn2cc(C(=O)Nc3cc(C(F)(F)F)cc(C(F)(F)F)c3)c(=O)c3c(F)ccc(F)c32)cc1. The summed E-state index contributed by atoms with van der Waals surface area (Å²) in [6.07, 6.45) is -9.52. The van der Waals surface area contributed by atoms with Crippen LogP contribution in [0.5, 0.6) is 5.75 Å². The second kappa shape index (κ2) is 10.0. The van der Waals surface area contributed by atoms with Gasteiger partial charge in [-0.25, -0.2) is 8.78 Å². The lowest BCUT2D eigenvalue weighted by Gasteiger charge is -2.16. The second-order valence-corrected chi connectivity index (χ2v) is 8.35. The largest absolute Gasteiger partial charge is 0.497 e. The number of anilines is 1. The predicted molar refractivity (Wildman–Crippen MR) is 125 cm³/mol. The molecule has 3 aromatic carbocycles. The normalized spacial score (nSPS) is 12.0.